The molecule has 0 saturated heterocycles. The molecule has 0 aliphatic heterocycles. The summed E-state index contributed by atoms with van der Waals surface area (Å²) in [4.78, 5) is 24.0. The number of nitrogens with one attached hydrogen (secondary N) is 3. The van der Waals surface area contributed by atoms with Crippen molar-refractivity contribution in [2.24, 2.45) is 0 Å². The molecule has 0 radical (unpaired) electrons. The van der Waals surface area contributed by atoms with Crippen molar-refractivity contribution in [3.05, 3.63) is 83.8 Å². The highest BCUT2D eigenvalue weighted by atomic mass is 32.2. The summed E-state index contributed by atoms with van der Waals surface area (Å²) < 4.78 is 22.0. The molecule has 1 aromatic heterocycles. The molecule has 2 amide bonds. The molecule has 27 heavy (non-hydrogen) atoms. The molecule has 8 heteroatoms. The third-order valence-corrected chi connectivity index (χ3v) is 4.43. The molecule has 0 aliphatic rings. The summed E-state index contributed by atoms with van der Waals surface area (Å²) in [5, 5.41) is 2.71. The molecule has 7 nitrogen and oxygen atoms in total. The van der Waals surface area contributed by atoms with E-state index >= 15 is 0 Å². The normalized spacial score (nSPS) is 11.4. The van der Waals surface area contributed by atoms with Gasteiger partial charge >= 0.3 is 0 Å². The molecular weight excluding hydrogens is 366 g/mol. The zero-order chi connectivity index (χ0) is 19.2. The largest absolute Gasteiger partial charge is 0.472 e. The lowest BCUT2D eigenvalue weighted by molar-refractivity contribution is 0.0981. The Morgan fingerprint density at radius 2 is 1.52 bits per heavy atom. The molecule has 138 valence electrons. The molecule has 3 aromatic rings. The average molecular weight is 383 g/mol. The van der Waals surface area contributed by atoms with E-state index in [-0.39, 0.29) is 5.91 Å². The van der Waals surface area contributed by atoms with Crippen molar-refractivity contribution in [2.45, 2.75) is 6.92 Å². The Kier molecular flexibility index (Phi) is 5.68. The minimum absolute atomic E-state index is 0.293. The molecule has 3 rings (SSSR count). The maximum atomic E-state index is 12.1. The van der Waals surface area contributed by atoms with Crippen LogP contribution in [0.25, 0.3) is 0 Å². The predicted octanol–water partition coefficient (Wildman–Crippen LogP) is 3.26. The number of carbonyl (C=O) groups is 2. The average Bonchev–Trinajstić information content (AvgIpc) is 3.18. The second-order valence-electron chi connectivity index (χ2n) is 5.71. The van der Waals surface area contributed by atoms with Crippen LogP contribution in [0.2, 0.25) is 0 Å². The van der Waals surface area contributed by atoms with Crippen molar-refractivity contribution in [3.63, 3.8) is 0 Å². The number of carbonyl (C=O) groups excluding carboxylic acids is 2. The zero-order valence-corrected chi connectivity index (χ0v) is 15.2. The lowest BCUT2D eigenvalue weighted by Gasteiger charge is -2.09. The van der Waals surface area contributed by atoms with Crippen LogP contribution in [0, 0.1) is 6.92 Å². The van der Waals surface area contributed by atoms with E-state index in [2.05, 4.69) is 14.8 Å². The Morgan fingerprint density at radius 3 is 2.15 bits per heavy atom. The Hall–Kier alpha value is -3.39. The number of hydrogen-bond donors (Lipinski definition) is 3. The highest BCUT2D eigenvalue weighted by molar-refractivity contribution is 7.85. The highest BCUT2D eigenvalue weighted by Crippen LogP contribution is 2.15. The first-order valence-electron chi connectivity index (χ1n) is 8.01. The van der Waals surface area contributed by atoms with Gasteiger partial charge in [-0.15, -0.1) is 0 Å². The van der Waals surface area contributed by atoms with Crippen LogP contribution in [0.3, 0.4) is 0 Å². The van der Waals surface area contributed by atoms with Gasteiger partial charge in [-0.25, -0.2) is 4.21 Å². The van der Waals surface area contributed by atoms with Gasteiger partial charge in [-0.2, -0.15) is 0 Å². The van der Waals surface area contributed by atoms with E-state index in [9.17, 15) is 13.8 Å². The quantitative estimate of drug-likeness (QED) is 0.608. The van der Waals surface area contributed by atoms with Crippen LogP contribution in [0.15, 0.2) is 71.5 Å². The molecule has 0 aliphatic carbocycles. The monoisotopic (exact) mass is 383 g/mol. The summed E-state index contributed by atoms with van der Waals surface area (Å²) in [5.41, 5.74) is 2.97. The summed E-state index contributed by atoms with van der Waals surface area (Å²) >= 11 is -1.80. The fourth-order valence-electron chi connectivity index (χ4n) is 2.20. The van der Waals surface area contributed by atoms with Gasteiger partial charge in [-0.1, -0.05) is 17.7 Å². The lowest BCUT2D eigenvalue weighted by atomic mass is 10.1. The molecule has 0 saturated carbocycles. The lowest BCUT2D eigenvalue weighted by Crippen LogP contribution is -2.29. The summed E-state index contributed by atoms with van der Waals surface area (Å²) in [5.74, 6) is -0.733. The molecule has 3 N–H and O–H groups in total. The van der Waals surface area contributed by atoms with Gasteiger partial charge in [-0.05, 0) is 49.4 Å². The van der Waals surface area contributed by atoms with Crippen molar-refractivity contribution in [1.82, 2.24) is 4.72 Å². The van der Waals surface area contributed by atoms with E-state index in [1.54, 1.807) is 42.5 Å². The van der Waals surface area contributed by atoms with E-state index in [0.717, 1.165) is 5.56 Å². The summed E-state index contributed by atoms with van der Waals surface area (Å²) in [6.07, 6.45) is 2.77. The SMILES string of the molecule is Cc1ccc(C(=O)N[S@@](=O)Nc2ccc(NC(=O)c3ccoc3)cc2)cc1. The Balaban J connectivity index is 1.54. The molecular formula is C19H17N3O4S. The standard InChI is InChI=1S/C19H17N3O4S/c1-13-2-4-14(5-3-13)19(24)22-27(25)21-17-8-6-16(7-9-17)20-18(23)15-10-11-26-12-15/h2-12,21H,1H3,(H,20,23)(H,22,24)/t27-/m0/s1. The first-order valence-corrected chi connectivity index (χ1v) is 9.16. The number of benzene rings is 2. The van der Waals surface area contributed by atoms with E-state index in [1.165, 1.54) is 12.5 Å². The third kappa shape index (κ3) is 5.05. The van der Waals surface area contributed by atoms with E-state index < -0.39 is 17.1 Å². The first kappa shape index (κ1) is 18.4. The van der Waals surface area contributed by atoms with Gasteiger partial charge in [0.15, 0.2) is 0 Å². The Morgan fingerprint density at radius 1 is 0.852 bits per heavy atom. The maximum absolute atomic E-state index is 12.1. The predicted molar refractivity (Wildman–Crippen MR) is 104 cm³/mol. The Labute approximate surface area is 158 Å². The van der Waals surface area contributed by atoms with Crippen molar-refractivity contribution >= 4 is 34.4 Å². The van der Waals surface area contributed by atoms with Crippen LogP contribution in [-0.2, 0) is 11.2 Å². The molecule has 0 bridgehead atoms. The first-order chi connectivity index (χ1) is 13.0. The van der Waals surface area contributed by atoms with Gasteiger partial charge in [0.05, 0.1) is 11.8 Å². The number of aryl methyl sites for hydroxylation is 1. The van der Waals surface area contributed by atoms with Crippen molar-refractivity contribution in [3.8, 4) is 0 Å². The fourth-order valence-corrected chi connectivity index (χ4v) is 2.89. The molecule has 2 aromatic carbocycles. The number of furan rings is 1. The van der Waals surface area contributed by atoms with Crippen LogP contribution >= 0.6 is 0 Å². The summed E-state index contributed by atoms with van der Waals surface area (Å²) in [6.45, 7) is 1.92. The van der Waals surface area contributed by atoms with Crippen molar-refractivity contribution in [1.29, 1.82) is 0 Å². The second kappa shape index (κ2) is 8.33. The topological polar surface area (TPSA) is 100 Å². The van der Waals surface area contributed by atoms with Crippen LogP contribution in [0.1, 0.15) is 26.3 Å². The van der Waals surface area contributed by atoms with Crippen LogP contribution in [0.4, 0.5) is 11.4 Å². The minimum atomic E-state index is -1.80. The van der Waals surface area contributed by atoms with Crippen molar-refractivity contribution in [2.75, 3.05) is 10.0 Å². The van der Waals surface area contributed by atoms with Crippen LogP contribution < -0.4 is 14.8 Å². The van der Waals surface area contributed by atoms with E-state index in [1.807, 2.05) is 19.1 Å². The van der Waals surface area contributed by atoms with Crippen LogP contribution in [-0.4, -0.2) is 16.0 Å². The molecule has 0 spiro atoms. The summed E-state index contributed by atoms with van der Waals surface area (Å²) in [7, 11) is 0. The van der Waals surface area contributed by atoms with Crippen molar-refractivity contribution < 1.29 is 18.2 Å². The number of hydrogen-bond acceptors (Lipinski definition) is 4. The Bertz CT molecular complexity index is 952. The smallest absolute Gasteiger partial charge is 0.264 e. The number of amides is 2. The minimum Gasteiger partial charge on any atom is -0.472 e. The molecule has 0 fully saturated rings. The van der Waals surface area contributed by atoms with Gasteiger partial charge in [0.1, 0.15) is 6.26 Å². The van der Waals surface area contributed by atoms with Gasteiger partial charge in [0.2, 0.25) is 11.2 Å². The second-order valence-corrected chi connectivity index (χ2v) is 6.66. The van der Waals surface area contributed by atoms with Gasteiger partial charge in [-0.3, -0.25) is 19.0 Å². The van der Waals surface area contributed by atoms with Crippen LogP contribution in [0.5, 0.6) is 0 Å². The fraction of sp³-hybridized carbons (Fsp3) is 0.0526. The zero-order valence-electron chi connectivity index (χ0n) is 14.4. The molecule has 1 atom stereocenters. The van der Waals surface area contributed by atoms with Gasteiger partial charge < -0.3 is 9.73 Å². The summed E-state index contributed by atoms with van der Waals surface area (Å²) in [6, 6.07) is 15.1. The molecule has 0 unspecified atom stereocenters. The molecule has 1 heterocycles. The van der Waals surface area contributed by atoms with Gasteiger partial charge in [0, 0.05) is 16.9 Å². The maximum Gasteiger partial charge on any atom is 0.264 e. The third-order valence-electron chi connectivity index (χ3n) is 3.64. The van der Waals surface area contributed by atoms with E-state index in [0.29, 0.717) is 22.5 Å². The van der Waals surface area contributed by atoms with Gasteiger partial charge in [0.25, 0.3) is 11.8 Å². The number of anilines is 2. The highest BCUT2D eigenvalue weighted by Gasteiger charge is 2.10. The van der Waals surface area contributed by atoms with E-state index in [4.69, 9.17) is 4.42 Å². The number of rotatable bonds is 6.